The Kier molecular flexibility index (Phi) is 8.41. The maximum atomic E-state index is 11.6. The zero-order valence-corrected chi connectivity index (χ0v) is 16.3. The third kappa shape index (κ3) is 6.67. The number of rotatable bonds is 8. The summed E-state index contributed by atoms with van der Waals surface area (Å²) in [6.07, 6.45) is 2.53. The fourth-order valence-electron chi connectivity index (χ4n) is 2.98. The van der Waals surface area contributed by atoms with Gasteiger partial charge in [-0.05, 0) is 37.5 Å². The molecule has 1 amide bonds. The Morgan fingerprint density at radius 2 is 2.08 bits per heavy atom. The van der Waals surface area contributed by atoms with Crippen molar-refractivity contribution >= 4 is 17.6 Å². The summed E-state index contributed by atoms with van der Waals surface area (Å²) >= 11 is 0. The predicted octanol–water partition coefficient (Wildman–Crippen LogP) is 2.86. The molecule has 2 rings (SSSR count). The molecule has 0 aliphatic carbocycles. The van der Waals surface area contributed by atoms with Gasteiger partial charge in [-0.15, -0.1) is 0 Å². The van der Waals surface area contributed by atoms with Crippen LogP contribution in [0.2, 0.25) is 0 Å². The number of anilines is 1. The number of amides is 1. The molecule has 1 unspecified atom stereocenters. The number of nitrogens with zero attached hydrogens (tertiary/aromatic N) is 2. The van der Waals surface area contributed by atoms with Crippen LogP contribution in [0.1, 0.15) is 38.7 Å². The minimum atomic E-state index is 0.0604. The summed E-state index contributed by atoms with van der Waals surface area (Å²) in [5.74, 6) is 1.56. The maximum Gasteiger partial charge on any atom is 0.224 e. The molecule has 1 fully saturated rings. The molecule has 1 aliphatic heterocycles. The summed E-state index contributed by atoms with van der Waals surface area (Å²) in [6, 6.07) is 7.90. The lowest BCUT2D eigenvalue weighted by Crippen LogP contribution is -2.41. The molecule has 0 bridgehead atoms. The van der Waals surface area contributed by atoms with Gasteiger partial charge in [0.05, 0.1) is 13.2 Å². The number of carbonyl (C=O) groups is 1. The van der Waals surface area contributed by atoms with E-state index in [9.17, 15) is 4.79 Å². The van der Waals surface area contributed by atoms with Gasteiger partial charge in [0.25, 0.3) is 0 Å². The van der Waals surface area contributed by atoms with Crippen LogP contribution < -0.4 is 10.6 Å². The fourth-order valence-corrected chi connectivity index (χ4v) is 2.98. The van der Waals surface area contributed by atoms with Gasteiger partial charge in [-0.2, -0.15) is 0 Å². The molecule has 0 aromatic heterocycles. The van der Waals surface area contributed by atoms with Crippen molar-refractivity contribution in [3.8, 4) is 0 Å². The third-order valence-electron chi connectivity index (χ3n) is 4.38. The molecule has 26 heavy (non-hydrogen) atoms. The molecular weight excluding hydrogens is 328 g/mol. The van der Waals surface area contributed by atoms with Crippen LogP contribution in [-0.4, -0.2) is 50.1 Å². The second-order valence-electron chi connectivity index (χ2n) is 6.78. The third-order valence-corrected chi connectivity index (χ3v) is 4.38. The van der Waals surface area contributed by atoms with Gasteiger partial charge in [0, 0.05) is 44.8 Å². The van der Waals surface area contributed by atoms with Crippen LogP contribution >= 0.6 is 0 Å². The molecule has 0 saturated carbocycles. The van der Waals surface area contributed by atoms with E-state index >= 15 is 0 Å². The molecule has 2 N–H and O–H groups in total. The Morgan fingerprint density at radius 3 is 2.69 bits per heavy atom. The molecule has 0 radical (unpaired) electrons. The van der Waals surface area contributed by atoms with Gasteiger partial charge in [0.2, 0.25) is 5.91 Å². The number of aliphatic imine (C=N–C) groups is 1. The van der Waals surface area contributed by atoms with Gasteiger partial charge < -0.3 is 20.3 Å². The van der Waals surface area contributed by atoms with E-state index in [1.54, 1.807) is 0 Å². The number of hydrogen-bond acceptors (Lipinski definition) is 3. The number of carbonyl (C=O) groups excluding carboxylic acids is 1. The van der Waals surface area contributed by atoms with Crippen LogP contribution in [-0.2, 0) is 16.1 Å². The first-order valence-corrected chi connectivity index (χ1v) is 9.58. The summed E-state index contributed by atoms with van der Waals surface area (Å²) in [6.45, 7) is 8.19. The van der Waals surface area contributed by atoms with E-state index in [0.717, 1.165) is 56.4 Å². The van der Waals surface area contributed by atoms with E-state index in [-0.39, 0.29) is 5.91 Å². The molecule has 1 saturated heterocycles. The minimum Gasteiger partial charge on any atom is -0.381 e. The summed E-state index contributed by atoms with van der Waals surface area (Å²) < 4.78 is 5.46. The van der Waals surface area contributed by atoms with E-state index in [0.29, 0.717) is 18.9 Å². The first-order valence-electron chi connectivity index (χ1n) is 9.58. The van der Waals surface area contributed by atoms with Gasteiger partial charge in [-0.25, -0.2) is 4.99 Å². The van der Waals surface area contributed by atoms with Crippen LogP contribution in [0.4, 0.5) is 5.69 Å². The van der Waals surface area contributed by atoms with Crippen molar-refractivity contribution in [1.29, 1.82) is 0 Å². The van der Waals surface area contributed by atoms with Gasteiger partial charge in [-0.3, -0.25) is 4.79 Å². The lowest BCUT2D eigenvalue weighted by Gasteiger charge is -2.24. The van der Waals surface area contributed by atoms with Gasteiger partial charge in [0.1, 0.15) is 0 Å². The summed E-state index contributed by atoms with van der Waals surface area (Å²) in [4.78, 5) is 18.6. The smallest absolute Gasteiger partial charge is 0.224 e. The van der Waals surface area contributed by atoms with Gasteiger partial charge in [0.15, 0.2) is 5.96 Å². The molecule has 1 aromatic carbocycles. The highest BCUT2D eigenvalue weighted by molar-refractivity contribution is 5.90. The van der Waals surface area contributed by atoms with Crippen molar-refractivity contribution in [3.63, 3.8) is 0 Å². The van der Waals surface area contributed by atoms with Crippen LogP contribution in [0, 0.1) is 5.92 Å². The highest BCUT2D eigenvalue weighted by Gasteiger charge is 2.19. The maximum absolute atomic E-state index is 11.6. The van der Waals surface area contributed by atoms with Crippen LogP contribution in [0.25, 0.3) is 0 Å². The summed E-state index contributed by atoms with van der Waals surface area (Å²) in [5, 5.41) is 6.26. The number of benzene rings is 1. The number of nitrogens with one attached hydrogen (secondary N) is 2. The van der Waals surface area contributed by atoms with Crippen LogP contribution in [0.3, 0.4) is 0 Å². The Bertz CT molecular complexity index is 580. The molecule has 6 heteroatoms. The van der Waals surface area contributed by atoms with Crippen molar-refractivity contribution in [1.82, 2.24) is 10.2 Å². The number of hydrogen-bond donors (Lipinski definition) is 2. The van der Waals surface area contributed by atoms with Crippen molar-refractivity contribution in [2.45, 2.75) is 39.7 Å². The van der Waals surface area contributed by atoms with E-state index in [2.05, 4.69) is 29.5 Å². The predicted molar refractivity (Wildman–Crippen MR) is 106 cm³/mol. The molecule has 1 heterocycles. The van der Waals surface area contributed by atoms with Crippen molar-refractivity contribution in [3.05, 3.63) is 29.8 Å². The summed E-state index contributed by atoms with van der Waals surface area (Å²) in [5.41, 5.74) is 1.95. The Balaban J connectivity index is 1.91. The molecule has 1 atom stereocenters. The van der Waals surface area contributed by atoms with Crippen molar-refractivity contribution < 1.29 is 9.53 Å². The highest BCUT2D eigenvalue weighted by atomic mass is 16.5. The van der Waals surface area contributed by atoms with Crippen LogP contribution in [0.5, 0.6) is 0 Å². The van der Waals surface area contributed by atoms with E-state index in [1.807, 2.05) is 31.2 Å². The van der Waals surface area contributed by atoms with Gasteiger partial charge >= 0.3 is 0 Å². The zero-order valence-electron chi connectivity index (χ0n) is 16.3. The zero-order chi connectivity index (χ0) is 18.8. The Morgan fingerprint density at radius 1 is 1.31 bits per heavy atom. The average Bonchev–Trinajstić information content (AvgIpc) is 3.13. The van der Waals surface area contributed by atoms with Crippen molar-refractivity contribution in [2.24, 2.45) is 10.9 Å². The largest absolute Gasteiger partial charge is 0.381 e. The monoisotopic (exact) mass is 360 g/mol. The first kappa shape index (κ1) is 20.2. The average molecular weight is 361 g/mol. The SMILES string of the molecule is CCCC(=O)Nc1ccc(CN=C(NCC)N(C)CC2CCOC2)cc1. The second-order valence-corrected chi connectivity index (χ2v) is 6.78. The quantitative estimate of drug-likeness (QED) is 0.553. The number of ether oxygens (including phenoxy) is 1. The fraction of sp³-hybridized carbons (Fsp3) is 0.600. The molecule has 0 spiro atoms. The van der Waals surface area contributed by atoms with Crippen molar-refractivity contribution in [2.75, 3.05) is 38.7 Å². The topological polar surface area (TPSA) is 66.0 Å². The molecule has 6 nitrogen and oxygen atoms in total. The Hall–Kier alpha value is -2.08. The lowest BCUT2D eigenvalue weighted by atomic mass is 10.1. The highest BCUT2D eigenvalue weighted by Crippen LogP contribution is 2.14. The van der Waals surface area contributed by atoms with E-state index in [4.69, 9.17) is 9.73 Å². The molecule has 1 aromatic rings. The minimum absolute atomic E-state index is 0.0604. The standard InChI is InChI=1S/C20H32N4O2/c1-4-6-19(25)23-18-9-7-16(8-10-18)13-22-20(21-5-2)24(3)14-17-11-12-26-15-17/h7-10,17H,4-6,11-15H2,1-3H3,(H,21,22)(H,23,25). The van der Waals surface area contributed by atoms with Gasteiger partial charge in [-0.1, -0.05) is 19.1 Å². The molecule has 144 valence electrons. The second kappa shape index (κ2) is 10.8. The lowest BCUT2D eigenvalue weighted by molar-refractivity contribution is -0.116. The molecule has 1 aliphatic rings. The Labute approximate surface area is 157 Å². The van der Waals surface area contributed by atoms with E-state index in [1.165, 1.54) is 0 Å². The molecular formula is C20H32N4O2. The first-order chi connectivity index (χ1) is 12.6. The number of guanidine groups is 1. The normalized spacial score (nSPS) is 17.2. The van der Waals surface area contributed by atoms with E-state index < -0.39 is 0 Å². The van der Waals surface area contributed by atoms with Crippen LogP contribution in [0.15, 0.2) is 29.3 Å². The summed E-state index contributed by atoms with van der Waals surface area (Å²) in [7, 11) is 2.08.